The summed E-state index contributed by atoms with van der Waals surface area (Å²) in [7, 11) is 0. The molecule has 3 nitrogen and oxygen atoms in total. The van der Waals surface area contributed by atoms with Crippen LogP contribution in [0.5, 0.6) is 0 Å². The topological polar surface area (TPSA) is 21.1 Å². The first-order valence-electron chi connectivity index (χ1n) is 7.14. The van der Waals surface area contributed by atoms with Crippen molar-refractivity contribution in [3.8, 4) is 0 Å². The molecule has 1 aromatic carbocycles. The van der Waals surface area contributed by atoms with Gasteiger partial charge in [-0.2, -0.15) is 0 Å². The SMILES string of the molecule is CCN1CCC(Cn2c(CCl)nc3ccc(Br)cc32)C1. The Morgan fingerprint density at radius 3 is 3.00 bits per heavy atom. The molecule has 1 saturated heterocycles. The van der Waals surface area contributed by atoms with Gasteiger partial charge in [0.25, 0.3) is 0 Å². The van der Waals surface area contributed by atoms with Gasteiger partial charge in [0.05, 0.1) is 16.9 Å². The largest absolute Gasteiger partial charge is 0.327 e. The molecule has 3 rings (SSSR count). The Hall–Kier alpha value is -0.580. The van der Waals surface area contributed by atoms with Gasteiger partial charge in [0.1, 0.15) is 5.82 Å². The van der Waals surface area contributed by atoms with Crippen LogP contribution in [-0.4, -0.2) is 34.1 Å². The fourth-order valence-corrected chi connectivity index (χ4v) is 3.61. The van der Waals surface area contributed by atoms with Gasteiger partial charge in [-0.1, -0.05) is 22.9 Å². The lowest BCUT2D eigenvalue weighted by atomic mass is 10.1. The second-order valence-electron chi connectivity index (χ2n) is 5.45. The van der Waals surface area contributed by atoms with E-state index in [1.165, 1.54) is 25.0 Å². The molecule has 0 N–H and O–H groups in total. The van der Waals surface area contributed by atoms with Crippen LogP contribution in [0.4, 0.5) is 0 Å². The molecule has 5 heteroatoms. The van der Waals surface area contributed by atoms with Gasteiger partial charge in [-0.05, 0) is 43.6 Å². The van der Waals surface area contributed by atoms with Crippen LogP contribution in [0.15, 0.2) is 22.7 Å². The Kier molecular flexibility index (Phi) is 4.34. The number of nitrogens with zero attached hydrogens (tertiary/aromatic N) is 3. The summed E-state index contributed by atoms with van der Waals surface area (Å²) in [6.45, 7) is 6.80. The Balaban J connectivity index is 1.91. The minimum absolute atomic E-state index is 0.469. The minimum Gasteiger partial charge on any atom is -0.327 e. The lowest BCUT2D eigenvalue weighted by molar-refractivity contribution is 0.333. The normalized spacial score (nSPS) is 20.1. The van der Waals surface area contributed by atoms with E-state index < -0.39 is 0 Å². The van der Waals surface area contributed by atoms with E-state index >= 15 is 0 Å². The fraction of sp³-hybridized carbons (Fsp3) is 0.533. The van der Waals surface area contributed by atoms with E-state index in [0.717, 1.165) is 28.9 Å². The highest BCUT2D eigenvalue weighted by molar-refractivity contribution is 9.10. The van der Waals surface area contributed by atoms with Crippen LogP contribution in [0.2, 0.25) is 0 Å². The highest BCUT2D eigenvalue weighted by Gasteiger charge is 2.23. The summed E-state index contributed by atoms with van der Waals surface area (Å²) in [5.74, 6) is 2.15. The Morgan fingerprint density at radius 2 is 2.30 bits per heavy atom. The van der Waals surface area contributed by atoms with Crippen molar-refractivity contribution < 1.29 is 0 Å². The lowest BCUT2D eigenvalue weighted by Gasteiger charge is -2.15. The van der Waals surface area contributed by atoms with E-state index in [2.05, 4.69) is 49.4 Å². The molecule has 0 spiro atoms. The maximum Gasteiger partial charge on any atom is 0.124 e. The molecule has 1 atom stereocenters. The number of imidazole rings is 1. The highest BCUT2D eigenvalue weighted by Crippen LogP contribution is 2.25. The third kappa shape index (κ3) is 2.74. The second-order valence-corrected chi connectivity index (χ2v) is 6.64. The first-order chi connectivity index (χ1) is 9.71. The maximum atomic E-state index is 6.08. The number of aromatic nitrogens is 2. The van der Waals surface area contributed by atoms with E-state index in [0.29, 0.717) is 11.8 Å². The van der Waals surface area contributed by atoms with Crippen LogP contribution < -0.4 is 0 Å². The molecule has 0 radical (unpaired) electrons. The van der Waals surface area contributed by atoms with Crippen LogP contribution in [0.1, 0.15) is 19.2 Å². The van der Waals surface area contributed by atoms with Crippen molar-refractivity contribution in [2.75, 3.05) is 19.6 Å². The molecule has 0 amide bonds. The third-order valence-corrected chi connectivity index (χ3v) is 4.90. The van der Waals surface area contributed by atoms with Gasteiger partial charge in [-0.15, -0.1) is 11.6 Å². The molecule has 1 aromatic heterocycles. The van der Waals surface area contributed by atoms with Crippen LogP contribution >= 0.6 is 27.5 Å². The molecule has 1 unspecified atom stereocenters. The van der Waals surface area contributed by atoms with Crippen molar-refractivity contribution in [2.45, 2.75) is 25.8 Å². The predicted octanol–water partition coefficient (Wildman–Crippen LogP) is 3.88. The van der Waals surface area contributed by atoms with Gasteiger partial charge >= 0.3 is 0 Å². The average molecular weight is 357 g/mol. The number of hydrogen-bond donors (Lipinski definition) is 0. The number of fused-ring (bicyclic) bond motifs is 1. The molecule has 0 bridgehead atoms. The third-order valence-electron chi connectivity index (χ3n) is 4.17. The standard InChI is InChI=1S/C15H19BrClN3/c1-2-19-6-5-11(9-19)10-20-14-7-12(16)3-4-13(14)18-15(20)8-17/h3-4,7,11H,2,5-6,8-10H2,1H3. The first kappa shape index (κ1) is 14.4. The van der Waals surface area contributed by atoms with E-state index in [1.54, 1.807) is 0 Å². The van der Waals surface area contributed by atoms with Crippen LogP contribution in [0.25, 0.3) is 11.0 Å². The van der Waals surface area contributed by atoms with Crippen LogP contribution in [0.3, 0.4) is 0 Å². The highest BCUT2D eigenvalue weighted by atomic mass is 79.9. The van der Waals surface area contributed by atoms with Crippen LogP contribution in [-0.2, 0) is 12.4 Å². The zero-order chi connectivity index (χ0) is 14.1. The number of hydrogen-bond acceptors (Lipinski definition) is 2. The number of alkyl halides is 1. The van der Waals surface area contributed by atoms with Crippen LogP contribution in [0, 0.1) is 5.92 Å². The van der Waals surface area contributed by atoms with Gasteiger partial charge in [-0.25, -0.2) is 4.98 Å². The van der Waals surface area contributed by atoms with Crippen molar-refractivity contribution in [1.82, 2.24) is 14.5 Å². The summed E-state index contributed by atoms with van der Waals surface area (Å²) >= 11 is 9.63. The molecular weight excluding hydrogens is 338 g/mol. The predicted molar refractivity (Wildman–Crippen MR) is 87.2 cm³/mol. The molecular formula is C15H19BrClN3. The minimum atomic E-state index is 0.469. The molecule has 20 heavy (non-hydrogen) atoms. The van der Waals surface area contributed by atoms with E-state index in [1.807, 2.05) is 6.07 Å². The summed E-state index contributed by atoms with van der Waals surface area (Å²) in [5, 5.41) is 0. The van der Waals surface area contributed by atoms with Crippen molar-refractivity contribution in [3.05, 3.63) is 28.5 Å². The number of benzene rings is 1. The van der Waals surface area contributed by atoms with Crippen molar-refractivity contribution >= 4 is 38.6 Å². The summed E-state index contributed by atoms with van der Waals surface area (Å²) in [5.41, 5.74) is 2.22. The van der Waals surface area contributed by atoms with Gasteiger partial charge in [-0.3, -0.25) is 0 Å². The fourth-order valence-electron chi connectivity index (χ4n) is 3.06. The average Bonchev–Trinajstić information content (AvgIpc) is 3.04. The van der Waals surface area contributed by atoms with E-state index in [4.69, 9.17) is 11.6 Å². The van der Waals surface area contributed by atoms with Gasteiger partial charge in [0.2, 0.25) is 0 Å². The van der Waals surface area contributed by atoms with Gasteiger partial charge in [0.15, 0.2) is 0 Å². The zero-order valence-electron chi connectivity index (χ0n) is 11.6. The quantitative estimate of drug-likeness (QED) is 0.775. The van der Waals surface area contributed by atoms with Crippen molar-refractivity contribution in [3.63, 3.8) is 0 Å². The lowest BCUT2D eigenvalue weighted by Crippen LogP contribution is -2.21. The van der Waals surface area contributed by atoms with Gasteiger partial charge in [0, 0.05) is 17.6 Å². The zero-order valence-corrected chi connectivity index (χ0v) is 14.0. The van der Waals surface area contributed by atoms with Gasteiger partial charge < -0.3 is 9.47 Å². The number of likely N-dealkylation sites (tertiary alicyclic amines) is 1. The first-order valence-corrected chi connectivity index (χ1v) is 8.47. The molecule has 0 saturated carbocycles. The Labute approximate surface area is 133 Å². The summed E-state index contributed by atoms with van der Waals surface area (Å²) in [6.07, 6.45) is 1.27. The summed E-state index contributed by atoms with van der Waals surface area (Å²) < 4.78 is 3.39. The monoisotopic (exact) mass is 355 g/mol. The number of halogens is 2. The molecule has 108 valence electrons. The van der Waals surface area contributed by atoms with Crippen molar-refractivity contribution in [2.24, 2.45) is 5.92 Å². The molecule has 1 fully saturated rings. The molecule has 2 heterocycles. The molecule has 1 aliphatic rings. The smallest absolute Gasteiger partial charge is 0.124 e. The maximum absolute atomic E-state index is 6.08. The second kappa shape index (κ2) is 6.04. The Morgan fingerprint density at radius 1 is 1.45 bits per heavy atom. The molecule has 1 aliphatic heterocycles. The molecule has 2 aromatic rings. The summed E-state index contributed by atoms with van der Waals surface area (Å²) in [6, 6.07) is 6.23. The van der Waals surface area contributed by atoms with Crippen molar-refractivity contribution in [1.29, 1.82) is 0 Å². The Bertz CT molecular complexity index is 610. The summed E-state index contributed by atoms with van der Waals surface area (Å²) in [4.78, 5) is 7.16. The van der Waals surface area contributed by atoms with E-state index in [9.17, 15) is 0 Å². The molecule has 0 aliphatic carbocycles. The van der Waals surface area contributed by atoms with E-state index in [-0.39, 0.29) is 0 Å². The number of rotatable bonds is 4.